The maximum atomic E-state index is 13.6. The van der Waals surface area contributed by atoms with E-state index in [1.165, 1.54) is 0 Å². The van der Waals surface area contributed by atoms with E-state index in [1.807, 2.05) is 46.8 Å². The highest BCUT2D eigenvalue weighted by Crippen LogP contribution is 2.30. The zero-order valence-electron chi connectivity index (χ0n) is 20.8. The molecule has 1 aromatic heterocycles. The summed E-state index contributed by atoms with van der Waals surface area (Å²) in [5, 5.41) is 11.3. The standard InChI is InChI=1S/C29H27NO6/c1-6-34-21-10-8-20(9-11-21)26(31)24(28(32)36-27-18(4)13-17(3)14-19(27)5)25-29(33)35-23-12-7-16(2)15-22(23)30-25/h7-15,31H,6H2,1-5H3/b26-24+. The van der Waals surface area contributed by atoms with Crippen molar-refractivity contribution in [2.24, 2.45) is 0 Å². The Labute approximate surface area is 208 Å². The number of rotatable bonds is 6. The number of carbonyl (C=O) groups is 1. The molecule has 0 fully saturated rings. The molecule has 4 aromatic rings. The highest BCUT2D eigenvalue weighted by Gasteiger charge is 2.27. The molecule has 184 valence electrons. The molecule has 0 bridgehead atoms. The second-order valence-corrected chi connectivity index (χ2v) is 8.62. The molecule has 1 N–H and O–H groups in total. The predicted octanol–water partition coefficient (Wildman–Crippen LogP) is 5.85. The minimum Gasteiger partial charge on any atom is -0.506 e. The van der Waals surface area contributed by atoms with E-state index in [0.717, 1.165) is 22.3 Å². The first kappa shape index (κ1) is 24.7. The number of fused-ring (bicyclic) bond motifs is 1. The quantitative estimate of drug-likeness (QED) is 0.158. The van der Waals surface area contributed by atoms with E-state index in [0.29, 0.717) is 23.6 Å². The zero-order valence-corrected chi connectivity index (χ0v) is 20.8. The van der Waals surface area contributed by atoms with Crippen molar-refractivity contribution in [3.05, 3.63) is 98.5 Å². The Balaban J connectivity index is 1.90. The average Bonchev–Trinajstić information content (AvgIpc) is 2.82. The minimum atomic E-state index is -0.928. The van der Waals surface area contributed by atoms with Crippen molar-refractivity contribution in [3.63, 3.8) is 0 Å². The molecule has 0 saturated heterocycles. The van der Waals surface area contributed by atoms with Crippen molar-refractivity contribution in [1.29, 1.82) is 0 Å². The van der Waals surface area contributed by atoms with E-state index in [1.54, 1.807) is 42.5 Å². The number of carbonyl (C=O) groups excluding carboxylic acids is 1. The highest BCUT2D eigenvalue weighted by atomic mass is 16.5. The Morgan fingerprint density at radius 3 is 2.25 bits per heavy atom. The predicted molar refractivity (Wildman–Crippen MR) is 138 cm³/mol. The van der Waals surface area contributed by atoms with E-state index in [-0.39, 0.29) is 16.8 Å². The van der Waals surface area contributed by atoms with Crippen LogP contribution in [0.2, 0.25) is 0 Å². The molecule has 7 nitrogen and oxygen atoms in total. The Hall–Kier alpha value is -4.39. The third kappa shape index (κ3) is 5.00. The molecule has 0 aliphatic heterocycles. The van der Waals surface area contributed by atoms with Crippen molar-refractivity contribution < 1.29 is 23.8 Å². The molecule has 0 amide bonds. The largest absolute Gasteiger partial charge is 0.506 e. The second-order valence-electron chi connectivity index (χ2n) is 8.62. The van der Waals surface area contributed by atoms with Gasteiger partial charge in [0.2, 0.25) is 0 Å². The summed E-state index contributed by atoms with van der Waals surface area (Å²) in [5.41, 5.74) is 2.73. The maximum absolute atomic E-state index is 13.6. The number of aliphatic hydroxyl groups is 1. The molecule has 1 heterocycles. The number of ether oxygens (including phenoxy) is 2. The summed E-state index contributed by atoms with van der Waals surface area (Å²) in [6.07, 6.45) is 0. The number of aryl methyl sites for hydroxylation is 4. The fourth-order valence-electron chi connectivity index (χ4n) is 4.07. The minimum absolute atomic E-state index is 0.271. The van der Waals surface area contributed by atoms with Crippen LogP contribution in [0, 0.1) is 27.7 Å². The van der Waals surface area contributed by atoms with E-state index in [2.05, 4.69) is 4.98 Å². The normalized spacial score (nSPS) is 11.8. The SMILES string of the molecule is CCOc1ccc(/C(O)=C(\C(=O)Oc2c(C)cc(C)cc2C)c2nc3cc(C)ccc3oc2=O)cc1. The van der Waals surface area contributed by atoms with Gasteiger partial charge in [-0.05, 0) is 87.7 Å². The summed E-state index contributed by atoms with van der Waals surface area (Å²) in [5.74, 6) is -0.438. The van der Waals surface area contributed by atoms with Gasteiger partial charge in [0.15, 0.2) is 11.3 Å². The fraction of sp³-hybridized carbons (Fsp3) is 0.207. The van der Waals surface area contributed by atoms with Gasteiger partial charge in [-0.15, -0.1) is 0 Å². The lowest BCUT2D eigenvalue weighted by atomic mass is 10.0. The third-order valence-corrected chi connectivity index (χ3v) is 5.66. The number of aromatic nitrogens is 1. The lowest BCUT2D eigenvalue weighted by Crippen LogP contribution is -2.20. The van der Waals surface area contributed by atoms with Crippen LogP contribution in [0.4, 0.5) is 0 Å². The number of hydrogen-bond acceptors (Lipinski definition) is 7. The summed E-state index contributed by atoms with van der Waals surface area (Å²) < 4.78 is 16.6. The number of hydrogen-bond donors (Lipinski definition) is 1. The highest BCUT2D eigenvalue weighted by molar-refractivity contribution is 6.23. The topological polar surface area (TPSA) is 98.9 Å². The van der Waals surface area contributed by atoms with E-state index < -0.39 is 22.9 Å². The van der Waals surface area contributed by atoms with Crippen LogP contribution >= 0.6 is 0 Å². The average molecular weight is 486 g/mol. The zero-order chi connectivity index (χ0) is 26.0. The maximum Gasteiger partial charge on any atom is 0.363 e. The molecule has 4 rings (SSSR count). The van der Waals surface area contributed by atoms with Crippen molar-refractivity contribution in [1.82, 2.24) is 4.98 Å². The van der Waals surface area contributed by atoms with Gasteiger partial charge in [0.25, 0.3) is 0 Å². The summed E-state index contributed by atoms with van der Waals surface area (Å²) in [6, 6.07) is 15.4. The molecule has 0 atom stereocenters. The van der Waals surface area contributed by atoms with Gasteiger partial charge in [-0.3, -0.25) is 0 Å². The van der Waals surface area contributed by atoms with Crippen LogP contribution in [-0.4, -0.2) is 22.7 Å². The van der Waals surface area contributed by atoms with Gasteiger partial charge in [-0.1, -0.05) is 23.8 Å². The van der Waals surface area contributed by atoms with Gasteiger partial charge in [0, 0.05) is 5.56 Å². The van der Waals surface area contributed by atoms with Crippen molar-refractivity contribution in [2.75, 3.05) is 6.61 Å². The third-order valence-electron chi connectivity index (χ3n) is 5.66. The molecule has 0 unspecified atom stereocenters. The van der Waals surface area contributed by atoms with Gasteiger partial charge < -0.3 is 19.0 Å². The smallest absolute Gasteiger partial charge is 0.363 e. The first-order valence-corrected chi connectivity index (χ1v) is 11.6. The van der Waals surface area contributed by atoms with Gasteiger partial charge in [-0.2, -0.15) is 0 Å². The summed E-state index contributed by atoms with van der Waals surface area (Å²) >= 11 is 0. The molecule has 36 heavy (non-hydrogen) atoms. The van der Waals surface area contributed by atoms with Crippen LogP contribution in [-0.2, 0) is 4.79 Å². The number of nitrogens with zero attached hydrogens (tertiary/aromatic N) is 1. The summed E-state index contributed by atoms with van der Waals surface area (Å²) in [7, 11) is 0. The molecule has 0 aliphatic carbocycles. The lowest BCUT2D eigenvalue weighted by molar-refractivity contribution is -0.128. The summed E-state index contributed by atoms with van der Waals surface area (Å²) in [4.78, 5) is 30.9. The monoisotopic (exact) mass is 485 g/mol. The Morgan fingerprint density at radius 1 is 0.944 bits per heavy atom. The lowest BCUT2D eigenvalue weighted by Gasteiger charge is -2.14. The Kier molecular flexibility index (Phi) is 6.92. The van der Waals surface area contributed by atoms with Crippen LogP contribution in [0.15, 0.2) is 63.8 Å². The Morgan fingerprint density at radius 2 is 1.61 bits per heavy atom. The van der Waals surface area contributed by atoms with Crippen LogP contribution in [0.25, 0.3) is 22.4 Å². The van der Waals surface area contributed by atoms with Crippen LogP contribution in [0.1, 0.15) is 40.4 Å². The van der Waals surface area contributed by atoms with Gasteiger partial charge in [-0.25, -0.2) is 14.6 Å². The number of aliphatic hydroxyl groups excluding tert-OH is 1. The molecule has 0 radical (unpaired) electrons. The molecule has 7 heteroatoms. The molecule has 0 saturated carbocycles. The van der Waals surface area contributed by atoms with Crippen LogP contribution in [0.3, 0.4) is 0 Å². The van der Waals surface area contributed by atoms with E-state index >= 15 is 0 Å². The second kappa shape index (κ2) is 10.1. The molecular formula is C29H27NO6. The summed E-state index contributed by atoms with van der Waals surface area (Å²) in [6.45, 7) is 9.81. The molecule has 3 aromatic carbocycles. The van der Waals surface area contributed by atoms with Gasteiger partial charge in [0.1, 0.15) is 28.3 Å². The van der Waals surface area contributed by atoms with Crippen molar-refractivity contribution >= 4 is 28.4 Å². The van der Waals surface area contributed by atoms with Crippen LogP contribution in [0.5, 0.6) is 11.5 Å². The molecule has 0 aliphatic rings. The van der Waals surface area contributed by atoms with Gasteiger partial charge in [0.05, 0.1) is 6.61 Å². The molecule has 0 spiro atoms. The van der Waals surface area contributed by atoms with Crippen LogP contribution < -0.4 is 15.1 Å². The Bertz CT molecular complexity index is 1520. The van der Waals surface area contributed by atoms with Crippen molar-refractivity contribution in [3.8, 4) is 11.5 Å². The fourth-order valence-corrected chi connectivity index (χ4v) is 4.07. The first-order chi connectivity index (χ1) is 17.2. The van der Waals surface area contributed by atoms with E-state index in [9.17, 15) is 14.7 Å². The first-order valence-electron chi connectivity index (χ1n) is 11.6. The number of esters is 1. The van der Waals surface area contributed by atoms with Crippen molar-refractivity contribution in [2.45, 2.75) is 34.6 Å². The van der Waals surface area contributed by atoms with Gasteiger partial charge >= 0.3 is 11.6 Å². The van der Waals surface area contributed by atoms with E-state index in [4.69, 9.17) is 13.9 Å². The molecular weight excluding hydrogens is 458 g/mol. The number of benzene rings is 3.